The summed E-state index contributed by atoms with van der Waals surface area (Å²) < 4.78 is 14.6. The van der Waals surface area contributed by atoms with Crippen LogP contribution in [-0.4, -0.2) is 54.1 Å². The molecule has 36 heavy (non-hydrogen) atoms. The van der Waals surface area contributed by atoms with Crippen molar-refractivity contribution >= 4 is 29.2 Å². The third kappa shape index (κ3) is 5.85. The number of H-pyrrole nitrogens is 2. The second-order valence-electron chi connectivity index (χ2n) is 6.90. The summed E-state index contributed by atoms with van der Waals surface area (Å²) in [6.07, 6.45) is 0. The van der Waals surface area contributed by atoms with Crippen LogP contribution in [-0.2, 0) is 14.3 Å². The molecule has 0 aliphatic rings. The number of nitrogens with one attached hydrogen (secondary N) is 3. The monoisotopic (exact) mass is 496 g/mol. The van der Waals surface area contributed by atoms with Gasteiger partial charge in [0.05, 0.1) is 38.1 Å². The number of ether oxygens (including phenoxy) is 3. The Labute approximate surface area is 202 Å². The summed E-state index contributed by atoms with van der Waals surface area (Å²) in [5.41, 5.74) is -1.88. The van der Waals surface area contributed by atoms with Crippen LogP contribution in [0.15, 0.2) is 62.3 Å². The summed E-state index contributed by atoms with van der Waals surface area (Å²) >= 11 is 0. The van der Waals surface area contributed by atoms with E-state index in [1.54, 1.807) is 24.3 Å². The molecule has 0 aliphatic carbocycles. The zero-order valence-corrected chi connectivity index (χ0v) is 19.2. The van der Waals surface area contributed by atoms with E-state index in [1.165, 1.54) is 32.4 Å². The predicted octanol–water partition coefficient (Wildman–Crippen LogP) is 1.50. The minimum Gasteiger partial charge on any atom is -0.495 e. The number of rotatable bonds is 8. The van der Waals surface area contributed by atoms with Gasteiger partial charge in [0.2, 0.25) is 6.04 Å². The maximum absolute atomic E-state index is 13.2. The number of amides is 1. The van der Waals surface area contributed by atoms with Crippen molar-refractivity contribution < 1.29 is 28.6 Å². The van der Waals surface area contributed by atoms with Crippen LogP contribution in [0.5, 0.6) is 5.75 Å². The molecule has 1 amide bonds. The third-order valence-electron chi connectivity index (χ3n) is 4.66. The van der Waals surface area contributed by atoms with Gasteiger partial charge in [0.1, 0.15) is 11.4 Å². The first-order chi connectivity index (χ1) is 17.3. The smallest absolute Gasteiger partial charge is 0.350 e. The highest BCUT2D eigenvalue weighted by Crippen LogP contribution is 2.28. The average Bonchev–Trinajstić information content (AvgIpc) is 2.87. The van der Waals surface area contributed by atoms with Crippen LogP contribution in [0.2, 0.25) is 0 Å². The van der Waals surface area contributed by atoms with Crippen molar-refractivity contribution in [2.45, 2.75) is 6.04 Å². The lowest BCUT2D eigenvalue weighted by molar-refractivity contribution is -0.117. The van der Waals surface area contributed by atoms with Crippen LogP contribution in [0.4, 0.5) is 11.4 Å². The van der Waals surface area contributed by atoms with Crippen LogP contribution < -0.4 is 21.4 Å². The molecular weight excluding hydrogens is 476 g/mol. The van der Waals surface area contributed by atoms with Crippen molar-refractivity contribution in [3.8, 4) is 5.75 Å². The first-order valence-electron chi connectivity index (χ1n) is 10.1. The molecule has 0 bridgehead atoms. The number of nitrogens with zero attached hydrogens (tertiary/aromatic N) is 3. The molecule has 0 aliphatic heterocycles. The zero-order valence-electron chi connectivity index (χ0n) is 19.2. The van der Waals surface area contributed by atoms with Crippen LogP contribution in [0.1, 0.15) is 32.6 Å². The van der Waals surface area contributed by atoms with E-state index in [-0.39, 0.29) is 22.5 Å². The van der Waals surface area contributed by atoms with E-state index in [2.05, 4.69) is 30.3 Å². The average molecular weight is 496 g/mol. The van der Waals surface area contributed by atoms with Crippen LogP contribution in [0, 0.1) is 0 Å². The van der Waals surface area contributed by atoms with Crippen molar-refractivity contribution in [2.24, 2.45) is 10.2 Å². The Bertz CT molecular complexity index is 1420. The van der Waals surface area contributed by atoms with E-state index in [0.717, 1.165) is 7.11 Å². The lowest BCUT2D eigenvalue weighted by Crippen LogP contribution is -2.31. The molecule has 3 rings (SSSR count). The van der Waals surface area contributed by atoms with Crippen molar-refractivity contribution in [3.05, 3.63) is 80.4 Å². The molecule has 2 aromatic carbocycles. The van der Waals surface area contributed by atoms with Gasteiger partial charge in [-0.3, -0.25) is 14.8 Å². The number of aromatic amines is 2. The van der Waals surface area contributed by atoms with Gasteiger partial charge in [-0.2, -0.15) is 15.2 Å². The maximum atomic E-state index is 13.2. The normalized spacial score (nSPS) is 11.5. The van der Waals surface area contributed by atoms with E-state index in [4.69, 9.17) is 9.47 Å². The number of benzene rings is 2. The van der Waals surface area contributed by atoms with Crippen LogP contribution in [0.25, 0.3) is 0 Å². The SMILES string of the molecule is COC(=O)c1ccc(C(=O)OC)c(N=N[C@@H](C(=O)Nc2ccccc2OC)c2nc(=O)[nH]c(=O)[nH]2)c1. The van der Waals surface area contributed by atoms with Crippen molar-refractivity contribution in [2.75, 3.05) is 26.6 Å². The predicted molar refractivity (Wildman–Crippen MR) is 123 cm³/mol. The molecule has 186 valence electrons. The molecular formula is C22H20N6O8. The van der Waals surface area contributed by atoms with E-state index in [1.807, 2.05) is 4.98 Å². The van der Waals surface area contributed by atoms with Gasteiger partial charge in [0.15, 0.2) is 5.82 Å². The number of carbonyl (C=O) groups is 3. The molecule has 0 saturated heterocycles. The maximum Gasteiger partial charge on any atom is 0.350 e. The van der Waals surface area contributed by atoms with E-state index in [0.29, 0.717) is 5.75 Å². The number of anilines is 1. The number of hydrogen-bond acceptors (Lipinski definition) is 11. The minimum absolute atomic E-state index is 0.0387. The van der Waals surface area contributed by atoms with Gasteiger partial charge in [-0.05, 0) is 30.3 Å². The molecule has 0 saturated carbocycles. The Hall–Kier alpha value is -5.14. The zero-order chi connectivity index (χ0) is 26.2. The molecule has 3 N–H and O–H groups in total. The van der Waals surface area contributed by atoms with Gasteiger partial charge in [0, 0.05) is 0 Å². The standard InChI is InChI=1S/C22H20N6O8/c1-34-15-7-5-4-6-13(15)23-18(29)16(17-24-21(32)26-22(33)25-17)28-27-14-10-11(19(30)35-2)8-9-12(14)20(31)36-3/h4-10,16H,1-3H3,(H,23,29)(H2,24,25,26,32,33)/t16-/m1/s1. The largest absolute Gasteiger partial charge is 0.495 e. The second kappa shape index (κ2) is 11.3. The summed E-state index contributed by atoms with van der Waals surface area (Å²) in [4.78, 5) is 68.6. The third-order valence-corrected chi connectivity index (χ3v) is 4.66. The molecule has 0 unspecified atom stereocenters. The van der Waals surface area contributed by atoms with Crippen LogP contribution >= 0.6 is 0 Å². The quantitative estimate of drug-likeness (QED) is 0.306. The lowest BCUT2D eigenvalue weighted by atomic mass is 10.1. The van der Waals surface area contributed by atoms with E-state index < -0.39 is 41.1 Å². The fourth-order valence-electron chi connectivity index (χ4n) is 2.98. The van der Waals surface area contributed by atoms with Gasteiger partial charge in [-0.1, -0.05) is 12.1 Å². The highest BCUT2D eigenvalue weighted by atomic mass is 16.5. The van der Waals surface area contributed by atoms with Crippen molar-refractivity contribution in [1.82, 2.24) is 15.0 Å². The molecule has 14 heteroatoms. The fraction of sp³-hybridized carbons (Fsp3) is 0.182. The molecule has 3 aromatic rings. The number of azo groups is 1. The summed E-state index contributed by atoms with van der Waals surface area (Å²) in [5.74, 6) is -2.45. The number of para-hydroxylation sites is 2. The number of carbonyl (C=O) groups excluding carboxylic acids is 3. The summed E-state index contributed by atoms with van der Waals surface area (Å²) in [6.45, 7) is 0. The van der Waals surface area contributed by atoms with E-state index in [9.17, 15) is 24.0 Å². The second-order valence-corrected chi connectivity index (χ2v) is 6.90. The number of esters is 2. The molecule has 0 radical (unpaired) electrons. The topological polar surface area (TPSA) is 194 Å². The van der Waals surface area contributed by atoms with Gasteiger partial charge in [0.25, 0.3) is 5.91 Å². The minimum atomic E-state index is -1.66. The Morgan fingerprint density at radius 1 is 0.972 bits per heavy atom. The number of hydrogen-bond donors (Lipinski definition) is 3. The molecule has 0 fully saturated rings. The molecule has 1 atom stereocenters. The Morgan fingerprint density at radius 3 is 2.36 bits per heavy atom. The Kier molecular flexibility index (Phi) is 8.02. The van der Waals surface area contributed by atoms with Gasteiger partial charge in [-0.25, -0.2) is 19.2 Å². The van der Waals surface area contributed by atoms with Gasteiger partial charge in [-0.15, -0.1) is 0 Å². The van der Waals surface area contributed by atoms with Gasteiger partial charge >= 0.3 is 23.3 Å². The molecule has 14 nitrogen and oxygen atoms in total. The molecule has 1 heterocycles. The lowest BCUT2D eigenvalue weighted by Gasteiger charge is -2.13. The molecule has 1 aromatic heterocycles. The highest BCUT2D eigenvalue weighted by Gasteiger charge is 2.25. The number of aromatic nitrogens is 3. The Morgan fingerprint density at radius 2 is 1.69 bits per heavy atom. The number of methoxy groups -OCH3 is 3. The first kappa shape index (κ1) is 25.5. The molecule has 0 spiro atoms. The summed E-state index contributed by atoms with van der Waals surface area (Å²) in [5, 5.41) is 10.4. The van der Waals surface area contributed by atoms with Crippen molar-refractivity contribution in [3.63, 3.8) is 0 Å². The van der Waals surface area contributed by atoms with E-state index >= 15 is 0 Å². The van der Waals surface area contributed by atoms with Crippen LogP contribution in [0.3, 0.4) is 0 Å². The highest BCUT2D eigenvalue weighted by molar-refractivity contribution is 5.98. The Balaban J connectivity index is 2.10. The van der Waals surface area contributed by atoms with Crippen molar-refractivity contribution in [1.29, 1.82) is 0 Å². The summed E-state index contributed by atoms with van der Waals surface area (Å²) in [7, 11) is 3.72. The first-order valence-corrected chi connectivity index (χ1v) is 10.1. The van der Waals surface area contributed by atoms with Gasteiger partial charge < -0.3 is 19.5 Å². The fourth-order valence-corrected chi connectivity index (χ4v) is 2.98. The summed E-state index contributed by atoms with van der Waals surface area (Å²) in [6, 6.07) is 8.60.